The van der Waals surface area contributed by atoms with Gasteiger partial charge in [-0.05, 0) is 13.3 Å². The van der Waals surface area contributed by atoms with Crippen molar-refractivity contribution in [3.05, 3.63) is 5.82 Å². The van der Waals surface area contributed by atoms with Crippen LogP contribution >= 0.6 is 11.8 Å². The first-order valence-electron chi connectivity index (χ1n) is 5.08. The molecular weight excluding hydrogens is 212 g/mol. The Bertz CT molecular complexity index is 290. The Labute approximate surface area is 94.4 Å². The van der Waals surface area contributed by atoms with E-state index in [0.717, 1.165) is 36.4 Å². The second-order valence-corrected chi connectivity index (χ2v) is 4.12. The molecule has 2 N–H and O–H groups in total. The van der Waals surface area contributed by atoms with E-state index in [0.29, 0.717) is 6.54 Å². The Morgan fingerprint density at radius 3 is 2.87 bits per heavy atom. The Morgan fingerprint density at radius 1 is 1.47 bits per heavy atom. The second-order valence-electron chi connectivity index (χ2n) is 3.06. The molecule has 1 rings (SSSR count). The molecule has 0 unspecified atom stereocenters. The maximum absolute atomic E-state index is 5.51. The zero-order chi connectivity index (χ0) is 11.1. The van der Waals surface area contributed by atoms with E-state index in [-0.39, 0.29) is 0 Å². The lowest BCUT2D eigenvalue weighted by Crippen LogP contribution is -2.05. The molecule has 86 valence electrons. The summed E-state index contributed by atoms with van der Waals surface area (Å²) in [6, 6.07) is 0. The predicted octanol–water partition coefficient (Wildman–Crippen LogP) is 0.792. The molecule has 0 spiro atoms. The number of ether oxygens (including phenoxy) is 1. The summed E-state index contributed by atoms with van der Waals surface area (Å²) in [4.78, 5) is 0. The van der Waals surface area contributed by atoms with E-state index in [9.17, 15) is 0 Å². The molecule has 5 nitrogen and oxygen atoms in total. The highest BCUT2D eigenvalue weighted by atomic mass is 32.2. The third-order valence-electron chi connectivity index (χ3n) is 1.98. The van der Waals surface area contributed by atoms with Gasteiger partial charge in [0.15, 0.2) is 5.16 Å². The average Bonchev–Trinajstić information content (AvgIpc) is 2.60. The monoisotopic (exact) mass is 230 g/mol. The molecule has 0 atom stereocenters. The summed E-state index contributed by atoms with van der Waals surface area (Å²) >= 11 is 1.69. The Hall–Kier alpha value is -0.590. The van der Waals surface area contributed by atoms with Gasteiger partial charge in [0, 0.05) is 26.0 Å². The molecule has 0 aliphatic heterocycles. The predicted molar refractivity (Wildman–Crippen MR) is 60.7 cm³/mol. The molecule has 0 fully saturated rings. The third kappa shape index (κ3) is 3.81. The van der Waals surface area contributed by atoms with Crippen LogP contribution in [0.4, 0.5) is 0 Å². The van der Waals surface area contributed by atoms with E-state index in [1.165, 1.54) is 0 Å². The van der Waals surface area contributed by atoms with E-state index in [1.54, 1.807) is 11.8 Å². The summed E-state index contributed by atoms with van der Waals surface area (Å²) in [5, 5.41) is 8.97. The van der Waals surface area contributed by atoms with Gasteiger partial charge < -0.3 is 15.0 Å². The van der Waals surface area contributed by atoms with Gasteiger partial charge >= 0.3 is 0 Å². The fraction of sp³-hybridized carbons (Fsp3) is 0.778. The minimum Gasteiger partial charge on any atom is -0.382 e. The van der Waals surface area contributed by atoms with Crippen LogP contribution in [0.5, 0.6) is 0 Å². The van der Waals surface area contributed by atoms with Crippen LogP contribution in [0, 0.1) is 0 Å². The first kappa shape index (κ1) is 12.5. The first-order chi connectivity index (χ1) is 7.29. The summed E-state index contributed by atoms with van der Waals surface area (Å²) in [6.45, 7) is 4.03. The van der Waals surface area contributed by atoms with E-state index in [2.05, 4.69) is 10.2 Å². The third-order valence-corrected chi connectivity index (χ3v) is 3.08. The Morgan fingerprint density at radius 2 is 2.27 bits per heavy atom. The standard InChI is InChI=1S/C9H18N4OS/c1-3-14-5-4-6-15-9-12-11-8(7-10)13(9)2/h3-7,10H2,1-2H3. The molecule has 0 amide bonds. The summed E-state index contributed by atoms with van der Waals surface area (Å²) in [7, 11) is 1.94. The van der Waals surface area contributed by atoms with Crippen LogP contribution in [0.1, 0.15) is 19.2 Å². The van der Waals surface area contributed by atoms with E-state index >= 15 is 0 Å². The molecule has 1 aromatic heterocycles. The molecule has 6 heteroatoms. The fourth-order valence-corrected chi connectivity index (χ4v) is 1.96. The van der Waals surface area contributed by atoms with Crippen LogP contribution < -0.4 is 5.73 Å². The van der Waals surface area contributed by atoms with Crippen LogP contribution in [0.15, 0.2) is 5.16 Å². The summed E-state index contributed by atoms with van der Waals surface area (Å²) in [5.41, 5.74) is 5.51. The lowest BCUT2D eigenvalue weighted by atomic mass is 10.5. The maximum atomic E-state index is 5.51. The number of nitrogens with two attached hydrogens (primary N) is 1. The van der Waals surface area contributed by atoms with Gasteiger partial charge in [0.1, 0.15) is 5.82 Å². The largest absolute Gasteiger partial charge is 0.382 e. The number of rotatable bonds is 7. The van der Waals surface area contributed by atoms with Crippen LogP contribution in [-0.2, 0) is 18.3 Å². The number of nitrogens with zero attached hydrogens (tertiary/aromatic N) is 3. The summed E-state index contributed by atoms with van der Waals surface area (Å²) < 4.78 is 7.19. The number of aromatic nitrogens is 3. The van der Waals surface area contributed by atoms with Crippen molar-refractivity contribution in [2.45, 2.75) is 25.0 Å². The van der Waals surface area contributed by atoms with Crippen molar-refractivity contribution in [2.75, 3.05) is 19.0 Å². The van der Waals surface area contributed by atoms with Gasteiger partial charge in [-0.1, -0.05) is 11.8 Å². The maximum Gasteiger partial charge on any atom is 0.190 e. The summed E-state index contributed by atoms with van der Waals surface area (Å²) in [6.07, 6.45) is 1.03. The minimum atomic E-state index is 0.434. The average molecular weight is 230 g/mol. The molecule has 0 saturated heterocycles. The highest BCUT2D eigenvalue weighted by Crippen LogP contribution is 2.16. The smallest absolute Gasteiger partial charge is 0.190 e. The quantitative estimate of drug-likeness (QED) is 0.554. The van der Waals surface area contributed by atoms with Crippen molar-refractivity contribution in [2.24, 2.45) is 12.8 Å². The molecule has 15 heavy (non-hydrogen) atoms. The molecule has 1 heterocycles. The van der Waals surface area contributed by atoms with Gasteiger partial charge in [-0.3, -0.25) is 0 Å². The van der Waals surface area contributed by atoms with Crippen molar-refractivity contribution in [3.8, 4) is 0 Å². The lowest BCUT2D eigenvalue weighted by molar-refractivity contribution is 0.149. The van der Waals surface area contributed by atoms with Crippen LogP contribution in [-0.4, -0.2) is 33.7 Å². The molecule has 0 radical (unpaired) electrons. The topological polar surface area (TPSA) is 66.0 Å². The van der Waals surface area contributed by atoms with Crippen LogP contribution in [0.2, 0.25) is 0 Å². The molecule has 0 bridgehead atoms. The van der Waals surface area contributed by atoms with E-state index < -0.39 is 0 Å². The van der Waals surface area contributed by atoms with Crippen molar-refractivity contribution in [1.29, 1.82) is 0 Å². The number of hydrogen-bond acceptors (Lipinski definition) is 5. The normalized spacial score (nSPS) is 10.9. The van der Waals surface area contributed by atoms with Gasteiger partial charge in [-0.25, -0.2) is 0 Å². The molecule has 0 saturated carbocycles. The van der Waals surface area contributed by atoms with Gasteiger partial charge in [0.25, 0.3) is 0 Å². The highest BCUT2D eigenvalue weighted by molar-refractivity contribution is 7.99. The Balaban J connectivity index is 2.28. The van der Waals surface area contributed by atoms with Crippen LogP contribution in [0.25, 0.3) is 0 Å². The fourth-order valence-electron chi connectivity index (χ4n) is 1.12. The highest BCUT2D eigenvalue weighted by Gasteiger charge is 2.06. The molecular formula is C9H18N4OS. The van der Waals surface area contributed by atoms with Crippen molar-refractivity contribution in [1.82, 2.24) is 14.8 Å². The second kappa shape index (κ2) is 6.81. The number of hydrogen-bond donors (Lipinski definition) is 1. The van der Waals surface area contributed by atoms with Crippen molar-refractivity contribution in [3.63, 3.8) is 0 Å². The van der Waals surface area contributed by atoms with Gasteiger partial charge in [0.2, 0.25) is 0 Å². The van der Waals surface area contributed by atoms with Crippen molar-refractivity contribution >= 4 is 11.8 Å². The zero-order valence-corrected chi connectivity index (χ0v) is 10.1. The van der Waals surface area contributed by atoms with Gasteiger partial charge in [-0.2, -0.15) is 0 Å². The SMILES string of the molecule is CCOCCCSc1nnc(CN)n1C. The lowest BCUT2D eigenvalue weighted by Gasteiger charge is -2.02. The van der Waals surface area contributed by atoms with Gasteiger partial charge in [-0.15, -0.1) is 10.2 Å². The van der Waals surface area contributed by atoms with Gasteiger partial charge in [0.05, 0.1) is 6.54 Å². The zero-order valence-electron chi connectivity index (χ0n) is 9.27. The van der Waals surface area contributed by atoms with E-state index in [1.807, 2.05) is 18.5 Å². The van der Waals surface area contributed by atoms with Crippen molar-refractivity contribution < 1.29 is 4.74 Å². The molecule has 1 aromatic rings. The Kier molecular flexibility index (Phi) is 5.67. The number of thioether (sulfide) groups is 1. The molecule has 0 aliphatic carbocycles. The first-order valence-corrected chi connectivity index (χ1v) is 6.07. The van der Waals surface area contributed by atoms with E-state index in [4.69, 9.17) is 10.5 Å². The minimum absolute atomic E-state index is 0.434. The summed E-state index contributed by atoms with van der Waals surface area (Å²) in [5.74, 6) is 1.82. The molecule has 0 aliphatic rings. The van der Waals surface area contributed by atoms with Crippen LogP contribution in [0.3, 0.4) is 0 Å². The molecule has 0 aromatic carbocycles.